The zero-order valence-electron chi connectivity index (χ0n) is 20.3. The molecule has 1 atom stereocenters. The average molecular weight is 494 g/mol. The van der Waals surface area contributed by atoms with E-state index in [1.165, 1.54) is 11.0 Å². The van der Waals surface area contributed by atoms with Gasteiger partial charge in [-0.05, 0) is 42.7 Å². The van der Waals surface area contributed by atoms with Gasteiger partial charge in [0.1, 0.15) is 18.1 Å². The van der Waals surface area contributed by atoms with Crippen molar-refractivity contribution >= 4 is 12.1 Å². The van der Waals surface area contributed by atoms with Crippen LogP contribution >= 0.6 is 0 Å². The number of amides is 1. The van der Waals surface area contributed by atoms with E-state index < -0.39 is 29.8 Å². The van der Waals surface area contributed by atoms with Gasteiger partial charge in [0.05, 0.1) is 6.54 Å². The molecule has 0 fully saturated rings. The Bertz CT molecular complexity index is 949. The molecular formula is C26H33F2NO6. The number of ether oxygens (including phenoxy) is 3. The fraction of sp³-hybridized carbons (Fsp3) is 0.462. The van der Waals surface area contributed by atoms with E-state index in [1.807, 2.05) is 13.8 Å². The number of hydrogen-bond donors (Lipinski definition) is 1. The van der Waals surface area contributed by atoms with Gasteiger partial charge in [-0.1, -0.05) is 38.8 Å². The highest BCUT2D eigenvalue weighted by atomic mass is 19.2. The van der Waals surface area contributed by atoms with Gasteiger partial charge in [-0.25, -0.2) is 18.4 Å². The van der Waals surface area contributed by atoms with Gasteiger partial charge in [0, 0.05) is 25.6 Å². The molecule has 0 saturated carbocycles. The summed E-state index contributed by atoms with van der Waals surface area (Å²) in [5.74, 6) is -2.39. The van der Waals surface area contributed by atoms with Gasteiger partial charge in [0.2, 0.25) is 0 Å². The summed E-state index contributed by atoms with van der Waals surface area (Å²) in [6.45, 7) is 6.97. The van der Waals surface area contributed by atoms with Crippen molar-refractivity contribution in [2.75, 3.05) is 26.3 Å². The second kappa shape index (κ2) is 14.3. The Labute approximate surface area is 204 Å². The third-order valence-corrected chi connectivity index (χ3v) is 5.61. The number of rotatable bonds is 14. The van der Waals surface area contributed by atoms with Crippen molar-refractivity contribution in [3.63, 3.8) is 0 Å². The summed E-state index contributed by atoms with van der Waals surface area (Å²) in [7, 11) is 0. The van der Waals surface area contributed by atoms with Crippen molar-refractivity contribution in [2.45, 2.75) is 46.1 Å². The molecule has 2 aromatic rings. The van der Waals surface area contributed by atoms with E-state index in [-0.39, 0.29) is 31.2 Å². The van der Waals surface area contributed by atoms with Gasteiger partial charge in [0.15, 0.2) is 17.7 Å². The number of carbonyl (C=O) groups excluding carboxylic acids is 1. The summed E-state index contributed by atoms with van der Waals surface area (Å²) in [5, 5.41) is 9.22. The Kier molecular flexibility index (Phi) is 11.4. The minimum atomic E-state index is -1.09. The first-order valence-electron chi connectivity index (χ1n) is 11.7. The molecular weight excluding hydrogens is 460 g/mol. The van der Waals surface area contributed by atoms with Crippen LogP contribution < -0.4 is 9.47 Å². The Hall–Kier alpha value is -3.20. The van der Waals surface area contributed by atoms with E-state index in [9.17, 15) is 23.5 Å². The first kappa shape index (κ1) is 28.0. The maximum atomic E-state index is 13.5. The van der Waals surface area contributed by atoms with Gasteiger partial charge in [0.25, 0.3) is 0 Å². The molecule has 0 aliphatic rings. The number of carboxylic acid groups (broad SMARTS) is 1. The van der Waals surface area contributed by atoms with Crippen molar-refractivity contribution in [1.29, 1.82) is 0 Å². The molecule has 7 nitrogen and oxygen atoms in total. The van der Waals surface area contributed by atoms with E-state index in [0.717, 1.165) is 30.5 Å². The van der Waals surface area contributed by atoms with E-state index in [4.69, 9.17) is 14.2 Å². The highest BCUT2D eigenvalue weighted by molar-refractivity contribution is 5.72. The maximum Gasteiger partial charge on any atom is 0.415 e. The standard InChI is InChI=1S/C26H33F2NO6/c1-4-18(5-2)17-29(26(32)35-21-11-12-22(27)23(28)16-21)13-14-34-20-9-7-19(8-10-20)15-24(25(30)31)33-6-3/h7-12,16,18,24H,4-6,13-15,17H2,1-3H3,(H,30,31). The molecule has 1 unspecified atom stereocenters. The molecule has 0 aromatic heterocycles. The second-order valence-corrected chi connectivity index (χ2v) is 8.05. The Morgan fingerprint density at radius 2 is 1.63 bits per heavy atom. The number of hydrogen-bond acceptors (Lipinski definition) is 5. The van der Waals surface area contributed by atoms with Gasteiger partial charge < -0.3 is 24.2 Å². The molecule has 0 radical (unpaired) electrons. The molecule has 0 aliphatic heterocycles. The lowest BCUT2D eigenvalue weighted by molar-refractivity contribution is -0.149. The molecule has 0 heterocycles. The number of halogens is 2. The van der Waals surface area contributed by atoms with Crippen LogP contribution in [0.3, 0.4) is 0 Å². The fourth-order valence-electron chi connectivity index (χ4n) is 3.45. The number of aliphatic carboxylic acids is 1. The number of carboxylic acids is 1. The van der Waals surface area contributed by atoms with Crippen molar-refractivity contribution < 1.29 is 37.7 Å². The first-order chi connectivity index (χ1) is 16.8. The van der Waals surface area contributed by atoms with E-state index in [0.29, 0.717) is 18.9 Å². The Balaban J connectivity index is 1.97. The van der Waals surface area contributed by atoms with E-state index >= 15 is 0 Å². The van der Waals surface area contributed by atoms with Crippen LogP contribution in [-0.2, 0) is 16.0 Å². The van der Waals surface area contributed by atoms with Gasteiger partial charge in [-0.15, -0.1) is 0 Å². The topological polar surface area (TPSA) is 85.3 Å². The lowest BCUT2D eigenvalue weighted by Gasteiger charge is -2.26. The summed E-state index contributed by atoms with van der Waals surface area (Å²) in [6, 6.07) is 9.93. The normalized spacial score (nSPS) is 11.8. The van der Waals surface area contributed by atoms with Crippen molar-refractivity contribution in [3.05, 3.63) is 59.7 Å². The van der Waals surface area contributed by atoms with Crippen molar-refractivity contribution in [2.24, 2.45) is 5.92 Å². The molecule has 35 heavy (non-hydrogen) atoms. The zero-order chi connectivity index (χ0) is 25.8. The van der Waals surface area contributed by atoms with Gasteiger partial charge >= 0.3 is 12.1 Å². The van der Waals surface area contributed by atoms with Crippen LogP contribution in [0.1, 0.15) is 39.2 Å². The molecule has 0 aliphatic carbocycles. The van der Waals surface area contributed by atoms with Crippen molar-refractivity contribution in [1.82, 2.24) is 4.90 Å². The van der Waals surface area contributed by atoms with Crippen LogP contribution in [0.5, 0.6) is 11.5 Å². The van der Waals surface area contributed by atoms with Crippen LogP contribution in [0.15, 0.2) is 42.5 Å². The lowest BCUT2D eigenvalue weighted by Crippen LogP contribution is -2.40. The quantitative estimate of drug-likeness (QED) is 0.384. The lowest BCUT2D eigenvalue weighted by atomic mass is 10.0. The smallest absolute Gasteiger partial charge is 0.415 e. The van der Waals surface area contributed by atoms with Crippen molar-refractivity contribution in [3.8, 4) is 11.5 Å². The third-order valence-electron chi connectivity index (χ3n) is 5.61. The monoisotopic (exact) mass is 493 g/mol. The first-order valence-corrected chi connectivity index (χ1v) is 11.7. The van der Waals surface area contributed by atoms with Crippen LogP contribution in [0.2, 0.25) is 0 Å². The van der Waals surface area contributed by atoms with E-state index in [2.05, 4.69) is 0 Å². The summed E-state index contributed by atoms with van der Waals surface area (Å²) in [6.07, 6.45) is 0.394. The molecule has 0 saturated heterocycles. The Morgan fingerprint density at radius 3 is 2.20 bits per heavy atom. The van der Waals surface area contributed by atoms with Crippen LogP contribution in [0, 0.1) is 17.6 Å². The summed E-state index contributed by atoms with van der Waals surface area (Å²) in [4.78, 5) is 25.5. The van der Waals surface area contributed by atoms with Crippen LogP contribution in [0.25, 0.3) is 0 Å². The predicted molar refractivity (Wildman–Crippen MR) is 127 cm³/mol. The minimum absolute atomic E-state index is 0.0772. The highest BCUT2D eigenvalue weighted by Gasteiger charge is 2.21. The van der Waals surface area contributed by atoms with Gasteiger partial charge in [-0.3, -0.25) is 0 Å². The summed E-state index contributed by atoms with van der Waals surface area (Å²) >= 11 is 0. The number of benzene rings is 2. The fourth-order valence-corrected chi connectivity index (χ4v) is 3.45. The molecule has 1 N–H and O–H groups in total. The van der Waals surface area contributed by atoms with Crippen LogP contribution in [0.4, 0.5) is 13.6 Å². The molecule has 0 spiro atoms. The SMILES string of the molecule is CCOC(Cc1ccc(OCCN(CC(CC)CC)C(=O)Oc2ccc(F)c(F)c2)cc1)C(=O)O. The summed E-state index contributed by atoms with van der Waals surface area (Å²) in [5.41, 5.74) is 0.795. The van der Waals surface area contributed by atoms with Crippen LogP contribution in [-0.4, -0.2) is 54.5 Å². The molecule has 0 bridgehead atoms. The average Bonchev–Trinajstić information content (AvgIpc) is 2.84. The molecule has 192 valence electrons. The molecule has 2 rings (SSSR count). The zero-order valence-corrected chi connectivity index (χ0v) is 20.3. The molecule has 2 aromatic carbocycles. The predicted octanol–water partition coefficient (Wildman–Crippen LogP) is 5.31. The largest absolute Gasteiger partial charge is 0.492 e. The van der Waals surface area contributed by atoms with E-state index in [1.54, 1.807) is 31.2 Å². The Morgan fingerprint density at radius 1 is 0.971 bits per heavy atom. The number of carbonyl (C=O) groups is 2. The molecule has 9 heteroatoms. The summed E-state index contributed by atoms with van der Waals surface area (Å²) < 4.78 is 42.9. The maximum absolute atomic E-state index is 13.5. The minimum Gasteiger partial charge on any atom is -0.492 e. The third kappa shape index (κ3) is 9.16. The molecule has 1 amide bonds. The number of nitrogens with zero attached hydrogens (tertiary/aromatic N) is 1. The highest BCUT2D eigenvalue weighted by Crippen LogP contribution is 2.19. The van der Waals surface area contributed by atoms with Gasteiger partial charge in [-0.2, -0.15) is 0 Å². The second-order valence-electron chi connectivity index (χ2n) is 8.05.